The Morgan fingerprint density at radius 2 is 0.907 bits per heavy atom. The fraction of sp³-hybridized carbons (Fsp3) is 0.188. The number of nitriles is 2. The second-order valence-corrected chi connectivity index (χ2v) is 11.3. The molecule has 3 aliphatic rings. The van der Waals surface area contributed by atoms with E-state index in [9.17, 15) is 36.9 Å². The van der Waals surface area contributed by atoms with Crippen LogP contribution >= 0.6 is 0 Å². The molecule has 0 N–H and O–H groups in total. The molecule has 0 bridgehead atoms. The van der Waals surface area contributed by atoms with Crippen molar-refractivity contribution in [3.63, 3.8) is 0 Å². The highest BCUT2D eigenvalue weighted by Crippen LogP contribution is 2.32. The number of aromatic nitrogens is 7. The van der Waals surface area contributed by atoms with Crippen LogP contribution in [-0.4, -0.2) is 34.9 Å². The van der Waals surface area contributed by atoms with Gasteiger partial charge in [-0.25, -0.2) is 64.7 Å². The van der Waals surface area contributed by atoms with Crippen LogP contribution in [0.1, 0.15) is 51.1 Å². The highest BCUT2D eigenvalue weighted by Gasteiger charge is 2.37. The summed E-state index contributed by atoms with van der Waals surface area (Å²) in [7, 11) is 0. The lowest BCUT2D eigenvalue weighted by molar-refractivity contribution is -0.143. The minimum Gasteiger partial charge on any atom is -0.259 e. The fourth-order valence-electron chi connectivity index (χ4n) is 5.18. The first kappa shape index (κ1) is 34.9. The number of allylic oxidation sites excluding steroid dienone is 2. The summed E-state index contributed by atoms with van der Waals surface area (Å²) in [5, 5.41) is 20.7. The number of hydrogen-bond acceptors (Lipinski definition) is 15. The quantitative estimate of drug-likeness (QED) is 0.169. The van der Waals surface area contributed by atoms with Gasteiger partial charge in [-0.15, -0.1) is 0 Å². The molecule has 4 aromatic heterocycles. The van der Waals surface area contributed by atoms with E-state index >= 15 is 0 Å². The molecule has 0 amide bonds. The lowest BCUT2D eigenvalue weighted by Gasteiger charge is -2.09. The van der Waals surface area contributed by atoms with E-state index in [2.05, 4.69) is 69.7 Å². The summed E-state index contributed by atoms with van der Waals surface area (Å²) in [5.74, 6) is -1.04. The third-order valence-electron chi connectivity index (χ3n) is 7.75. The van der Waals surface area contributed by atoms with E-state index in [1.54, 1.807) is 13.8 Å². The Labute approximate surface area is 295 Å². The van der Waals surface area contributed by atoms with E-state index in [1.807, 2.05) is 12.1 Å². The number of nitrogens with zero attached hydrogens (tertiary/aromatic N) is 16. The van der Waals surface area contributed by atoms with Gasteiger partial charge in [-0.3, -0.25) is 4.98 Å². The van der Waals surface area contributed by atoms with Crippen LogP contribution < -0.4 is 32.9 Å². The zero-order valence-electron chi connectivity index (χ0n) is 27.6. The number of pyridine rings is 1. The highest BCUT2D eigenvalue weighted by molar-refractivity contribution is 5.86. The lowest BCUT2D eigenvalue weighted by atomic mass is 10.0. The Bertz CT molecular complexity index is 2860. The molecule has 0 radical (unpaired) electrons. The Hall–Kier alpha value is -7.54. The summed E-state index contributed by atoms with van der Waals surface area (Å²) >= 11 is 0. The second kappa shape index (κ2) is 12.3. The largest absolute Gasteiger partial charge is 0.435 e. The average molecular weight is 737 g/mol. The first-order valence-electron chi connectivity index (χ1n) is 15.0. The number of hydrogen-bond donors (Lipinski definition) is 0. The van der Waals surface area contributed by atoms with Crippen LogP contribution in [0.15, 0.2) is 59.6 Å². The van der Waals surface area contributed by atoms with Crippen molar-refractivity contribution < 1.29 is 26.3 Å². The zero-order chi connectivity index (χ0) is 38.9. The van der Waals surface area contributed by atoms with E-state index in [0.29, 0.717) is 11.4 Å². The van der Waals surface area contributed by atoms with Gasteiger partial charge in [-0.2, -0.15) is 36.9 Å². The third kappa shape index (κ3) is 5.98. The van der Waals surface area contributed by atoms with Gasteiger partial charge in [-0.1, -0.05) is 0 Å². The molecule has 7 heterocycles. The zero-order valence-corrected chi connectivity index (χ0v) is 27.6. The number of halogens is 6. The molecule has 7 rings (SSSR count). The number of rotatable bonds is 3. The maximum absolute atomic E-state index is 13.6. The minimum atomic E-state index is -4.86. The first-order valence-corrected chi connectivity index (χ1v) is 15.0. The molecule has 16 nitrogen and oxygen atoms in total. The lowest BCUT2D eigenvalue weighted by Crippen LogP contribution is -2.33. The maximum atomic E-state index is 13.6. The van der Waals surface area contributed by atoms with Crippen LogP contribution in [0.5, 0.6) is 0 Å². The average Bonchev–Trinajstić information content (AvgIpc) is 3.80. The molecule has 4 aromatic rings. The molecular formula is C32H14F6N16. The molecule has 0 fully saturated rings. The van der Waals surface area contributed by atoms with Crippen molar-refractivity contribution >= 4 is 16.8 Å². The molecule has 22 heteroatoms. The molecule has 0 atom stereocenters. The van der Waals surface area contributed by atoms with Gasteiger partial charge in [0.05, 0.1) is 40.7 Å². The van der Waals surface area contributed by atoms with Gasteiger partial charge < -0.3 is 0 Å². The van der Waals surface area contributed by atoms with Crippen LogP contribution in [0.4, 0.5) is 26.3 Å². The molecule has 264 valence electrons. The van der Waals surface area contributed by atoms with Gasteiger partial charge in [0.1, 0.15) is 23.3 Å². The predicted molar refractivity (Wildman–Crippen MR) is 165 cm³/mol. The van der Waals surface area contributed by atoms with Gasteiger partial charge in [0.2, 0.25) is 5.49 Å². The van der Waals surface area contributed by atoms with Gasteiger partial charge in [-0.05, 0) is 45.4 Å². The van der Waals surface area contributed by atoms with Gasteiger partial charge in [0.25, 0.3) is 5.70 Å². The molecule has 0 aromatic carbocycles. The summed E-state index contributed by atoms with van der Waals surface area (Å²) in [4.78, 5) is 56.2. The Morgan fingerprint density at radius 3 is 1.31 bits per heavy atom. The Balaban J connectivity index is 1.49. The fourth-order valence-corrected chi connectivity index (χ4v) is 5.18. The summed E-state index contributed by atoms with van der Waals surface area (Å²) in [5.41, 5.74) is -5.74. The molecule has 0 aliphatic carbocycles. The van der Waals surface area contributed by atoms with Crippen molar-refractivity contribution in [2.75, 3.05) is 0 Å². The molecule has 3 aliphatic heterocycles. The number of alkyl halides is 6. The minimum absolute atomic E-state index is 0.103. The summed E-state index contributed by atoms with van der Waals surface area (Å²) in [6.07, 6.45) is -9.73. The van der Waals surface area contributed by atoms with E-state index in [-0.39, 0.29) is 55.9 Å². The first-order chi connectivity index (χ1) is 25.5. The normalized spacial score (nSPS) is 15.7. The smallest absolute Gasteiger partial charge is 0.259 e. The van der Waals surface area contributed by atoms with Crippen molar-refractivity contribution in [1.29, 1.82) is 10.5 Å². The maximum Gasteiger partial charge on any atom is 0.435 e. The van der Waals surface area contributed by atoms with Crippen LogP contribution in [0.2, 0.25) is 0 Å². The summed E-state index contributed by atoms with van der Waals surface area (Å²) < 4.78 is 81.4. The van der Waals surface area contributed by atoms with E-state index in [0.717, 1.165) is 13.8 Å². The van der Waals surface area contributed by atoms with E-state index in [4.69, 9.17) is 6.57 Å². The number of aryl methyl sites for hydroxylation is 4. The molecule has 54 heavy (non-hydrogen) atoms. The number of fused-ring (bicyclic) bond motifs is 3. The molecular weight excluding hydrogens is 722 g/mol. The molecule has 0 saturated heterocycles. The van der Waals surface area contributed by atoms with Crippen LogP contribution in [0, 0.1) is 56.9 Å². The Kier molecular flexibility index (Phi) is 7.95. The van der Waals surface area contributed by atoms with Crippen molar-refractivity contribution in [2.45, 2.75) is 40.0 Å². The Morgan fingerprint density at radius 1 is 0.537 bits per heavy atom. The topological polar surface area (TPSA) is 216 Å². The van der Waals surface area contributed by atoms with Gasteiger partial charge in [0, 0.05) is 0 Å². The van der Waals surface area contributed by atoms with E-state index < -0.39 is 63.4 Å². The van der Waals surface area contributed by atoms with Crippen molar-refractivity contribution in [3.8, 4) is 12.1 Å². The molecule has 0 saturated carbocycles. The van der Waals surface area contributed by atoms with Crippen molar-refractivity contribution in [2.24, 2.45) is 30.0 Å². The van der Waals surface area contributed by atoms with Gasteiger partial charge >= 0.3 is 12.4 Å². The third-order valence-corrected chi connectivity index (χ3v) is 7.75. The SMILES string of the molecule is [C-]#[N+]/C(=C1\N=c2nc(C)c(C(F)(F)F)nc2=N1)c1cc(/C(C#N)=C2/N=c3nc(C)c(C(F)(F)F)nc3=N2)cc(C(C#N)=C2N=c3nc(C)c(C)nc3=N2)n1. The van der Waals surface area contributed by atoms with Crippen LogP contribution in [-0.2, 0) is 12.4 Å². The highest BCUT2D eigenvalue weighted by atomic mass is 19.4. The van der Waals surface area contributed by atoms with E-state index in [1.165, 1.54) is 12.1 Å². The van der Waals surface area contributed by atoms with Crippen LogP contribution in [0.3, 0.4) is 0 Å². The standard InChI is InChI=1S/C32H14F6N16/c1-10-11(2)43-26-25(42-10)51-23(52-26)16(9-40)17-6-14(15(8-39)22-49-27-29(50-22)47-20(12(3)44-27)31(33,34)35)7-18(46-17)19(41-5)24-53-28-30(54-24)48-21(13(4)45-28)32(36,37)38/h6-7H,1-4H3/b22-15-,24-19+. The monoisotopic (exact) mass is 736 g/mol. The predicted octanol–water partition coefficient (Wildman–Crippen LogP) is 1.51. The van der Waals surface area contributed by atoms with Crippen molar-refractivity contribution in [1.82, 2.24) is 34.9 Å². The summed E-state index contributed by atoms with van der Waals surface area (Å²) in [6.45, 7) is 13.5. The molecule has 0 spiro atoms. The van der Waals surface area contributed by atoms with Crippen LogP contribution in [0.25, 0.3) is 21.7 Å². The summed E-state index contributed by atoms with van der Waals surface area (Å²) in [6, 6.07) is 6.22. The van der Waals surface area contributed by atoms with Crippen molar-refractivity contribution in [3.05, 3.63) is 125 Å². The second-order valence-electron chi connectivity index (χ2n) is 11.3. The molecule has 0 unspecified atom stereocenters. The van der Waals surface area contributed by atoms with Gasteiger partial charge in [0.15, 0.2) is 56.3 Å².